The molecule has 0 aliphatic heterocycles. The maximum Gasteiger partial charge on any atom is 0.115 e. The zero-order valence-corrected chi connectivity index (χ0v) is 11.1. The van der Waals surface area contributed by atoms with Crippen molar-refractivity contribution in [3.8, 4) is 28.1 Å². The number of aromatic nitrogens is 1. The molecule has 2 heteroatoms. The molecule has 2 nitrogen and oxygen atoms in total. The van der Waals surface area contributed by atoms with E-state index in [1.807, 2.05) is 18.2 Å². The standard InChI is InChI=1S/C18H15NO/c20-14-7-9-15-13(10-14)6-8-16-17(11-19-18(15)16)12-4-2-1-3-5-12/h1-5,7,9-11,19-20H,6,8H2. The SMILES string of the molecule is Oc1ccc2c(c1)CCc1c(-c3ccccc3)c[nH]c1-2. The first kappa shape index (κ1) is 11.4. The molecular weight excluding hydrogens is 246 g/mol. The number of hydrogen-bond acceptors (Lipinski definition) is 1. The summed E-state index contributed by atoms with van der Waals surface area (Å²) in [7, 11) is 0. The third kappa shape index (κ3) is 1.65. The molecule has 0 spiro atoms. The van der Waals surface area contributed by atoms with Crippen molar-refractivity contribution in [2.24, 2.45) is 0 Å². The van der Waals surface area contributed by atoms with Crippen LogP contribution >= 0.6 is 0 Å². The Labute approximate surface area is 117 Å². The molecule has 0 fully saturated rings. The molecule has 0 bridgehead atoms. The minimum absolute atomic E-state index is 0.349. The molecule has 0 atom stereocenters. The number of aryl methyl sites for hydroxylation is 1. The van der Waals surface area contributed by atoms with Crippen molar-refractivity contribution < 1.29 is 5.11 Å². The van der Waals surface area contributed by atoms with Gasteiger partial charge in [0.25, 0.3) is 0 Å². The molecule has 1 aliphatic carbocycles. The van der Waals surface area contributed by atoms with E-state index in [4.69, 9.17) is 0 Å². The molecule has 1 aromatic heterocycles. The van der Waals surface area contributed by atoms with Crippen LogP contribution in [0.2, 0.25) is 0 Å². The number of fused-ring (bicyclic) bond motifs is 3. The number of phenolic OH excluding ortho intramolecular Hbond substituents is 1. The van der Waals surface area contributed by atoms with E-state index in [9.17, 15) is 5.11 Å². The summed E-state index contributed by atoms with van der Waals surface area (Å²) >= 11 is 0. The van der Waals surface area contributed by atoms with Gasteiger partial charge in [0.05, 0.1) is 0 Å². The summed E-state index contributed by atoms with van der Waals surface area (Å²) in [5, 5.41) is 9.61. The van der Waals surface area contributed by atoms with Gasteiger partial charge >= 0.3 is 0 Å². The van der Waals surface area contributed by atoms with Crippen LogP contribution in [0.3, 0.4) is 0 Å². The monoisotopic (exact) mass is 261 g/mol. The van der Waals surface area contributed by atoms with E-state index < -0.39 is 0 Å². The minimum Gasteiger partial charge on any atom is -0.508 e. The second-order valence-electron chi connectivity index (χ2n) is 5.26. The Kier molecular flexibility index (Phi) is 2.43. The van der Waals surface area contributed by atoms with Crippen LogP contribution in [-0.2, 0) is 12.8 Å². The van der Waals surface area contributed by atoms with Crippen molar-refractivity contribution in [1.29, 1.82) is 0 Å². The van der Waals surface area contributed by atoms with E-state index in [2.05, 4.69) is 35.4 Å². The Hall–Kier alpha value is -2.48. The van der Waals surface area contributed by atoms with Crippen molar-refractivity contribution in [2.75, 3.05) is 0 Å². The highest BCUT2D eigenvalue weighted by Gasteiger charge is 2.21. The highest BCUT2D eigenvalue weighted by Crippen LogP contribution is 2.39. The lowest BCUT2D eigenvalue weighted by Crippen LogP contribution is -2.03. The fourth-order valence-corrected chi connectivity index (χ4v) is 3.12. The van der Waals surface area contributed by atoms with Crippen LogP contribution in [0.15, 0.2) is 54.7 Å². The second-order valence-corrected chi connectivity index (χ2v) is 5.26. The van der Waals surface area contributed by atoms with Crippen molar-refractivity contribution in [2.45, 2.75) is 12.8 Å². The molecular formula is C18H15NO. The van der Waals surface area contributed by atoms with Crippen molar-refractivity contribution in [1.82, 2.24) is 4.98 Å². The van der Waals surface area contributed by atoms with Crippen molar-refractivity contribution in [3.63, 3.8) is 0 Å². The smallest absolute Gasteiger partial charge is 0.115 e. The summed E-state index contributed by atoms with van der Waals surface area (Å²) in [6.45, 7) is 0. The summed E-state index contributed by atoms with van der Waals surface area (Å²) in [5.74, 6) is 0.349. The number of nitrogens with one attached hydrogen (secondary N) is 1. The number of aromatic amines is 1. The Morgan fingerprint density at radius 1 is 0.900 bits per heavy atom. The van der Waals surface area contributed by atoms with Gasteiger partial charge in [0, 0.05) is 23.0 Å². The van der Waals surface area contributed by atoms with E-state index in [0.717, 1.165) is 12.8 Å². The fraction of sp³-hybridized carbons (Fsp3) is 0.111. The van der Waals surface area contributed by atoms with E-state index in [-0.39, 0.29) is 0 Å². The van der Waals surface area contributed by atoms with Crippen molar-refractivity contribution >= 4 is 0 Å². The van der Waals surface area contributed by atoms with E-state index in [1.54, 1.807) is 6.07 Å². The van der Waals surface area contributed by atoms with Gasteiger partial charge in [0.15, 0.2) is 0 Å². The number of H-pyrrole nitrogens is 1. The van der Waals surface area contributed by atoms with Crippen LogP contribution < -0.4 is 0 Å². The van der Waals surface area contributed by atoms with Crippen LogP contribution in [0.25, 0.3) is 22.4 Å². The van der Waals surface area contributed by atoms with Gasteiger partial charge in [-0.2, -0.15) is 0 Å². The predicted octanol–water partition coefficient (Wildman–Crippen LogP) is 4.15. The number of benzene rings is 2. The maximum atomic E-state index is 9.61. The number of phenols is 1. The lowest BCUT2D eigenvalue weighted by atomic mass is 9.87. The summed E-state index contributed by atoms with van der Waals surface area (Å²) in [6, 6.07) is 16.1. The van der Waals surface area contributed by atoms with Gasteiger partial charge in [-0.05, 0) is 47.7 Å². The first-order valence-electron chi connectivity index (χ1n) is 6.91. The average Bonchev–Trinajstić information content (AvgIpc) is 2.92. The largest absolute Gasteiger partial charge is 0.508 e. The number of hydrogen-bond donors (Lipinski definition) is 2. The Balaban J connectivity index is 1.89. The van der Waals surface area contributed by atoms with E-state index in [1.165, 1.54) is 33.5 Å². The number of aromatic hydroxyl groups is 1. The van der Waals surface area contributed by atoms with Gasteiger partial charge in [-0.1, -0.05) is 30.3 Å². The number of rotatable bonds is 1. The lowest BCUT2D eigenvalue weighted by molar-refractivity contribution is 0.474. The van der Waals surface area contributed by atoms with Crippen LogP contribution in [-0.4, -0.2) is 10.1 Å². The molecule has 0 saturated heterocycles. The molecule has 0 amide bonds. The molecule has 0 unspecified atom stereocenters. The molecule has 20 heavy (non-hydrogen) atoms. The summed E-state index contributed by atoms with van der Waals surface area (Å²) < 4.78 is 0. The fourth-order valence-electron chi connectivity index (χ4n) is 3.12. The van der Waals surface area contributed by atoms with E-state index in [0.29, 0.717) is 5.75 Å². The second kappa shape index (κ2) is 4.27. The quantitative estimate of drug-likeness (QED) is 0.678. The van der Waals surface area contributed by atoms with Gasteiger partial charge in [-0.25, -0.2) is 0 Å². The van der Waals surface area contributed by atoms with Crippen molar-refractivity contribution in [3.05, 3.63) is 65.9 Å². The highest BCUT2D eigenvalue weighted by atomic mass is 16.3. The Bertz CT molecular complexity index is 771. The zero-order chi connectivity index (χ0) is 13.5. The predicted molar refractivity (Wildman–Crippen MR) is 80.7 cm³/mol. The first-order chi connectivity index (χ1) is 9.83. The maximum absolute atomic E-state index is 9.61. The Morgan fingerprint density at radius 2 is 1.75 bits per heavy atom. The molecule has 3 aromatic rings. The molecule has 1 aliphatic rings. The molecule has 98 valence electrons. The topological polar surface area (TPSA) is 36.0 Å². The third-order valence-corrected chi connectivity index (χ3v) is 4.08. The summed E-state index contributed by atoms with van der Waals surface area (Å²) in [5.41, 5.74) is 7.57. The van der Waals surface area contributed by atoms with Crippen LogP contribution in [0.5, 0.6) is 5.75 Å². The van der Waals surface area contributed by atoms with Crippen LogP contribution in [0.1, 0.15) is 11.1 Å². The average molecular weight is 261 g/mol. The third-order valence-electron chi connectivity index (χ3n) is 4.08. The normalized spacial score (nSPS) is 12.8. The molecule has 0 saturated carbocycles. The minimum atomic E-state index is 0.349. The van der Waals surface area contributed by atoms with Crippen LogP contribution in [0.4, 0.5) is 0 Å². The molecule has 4 rings (SSSR count). The Morgan fingerprint density at radius 3 is 2.60 bits per heavy atom. The first-order valence-corrected chi connectivity index (χ1v) is 6.91. The van der Waals surface area contributed by atoms with Gasteiger partial charge in [-0.3, -0.25) is 0 Å². The van der Waals surface area contributed by atoms with Gasteiger partial charge in [-0.15, -0.1) is 0 Å². The van der Waals surface area contributed by atoms with E-state index >= 15 is 0 Å². The lowest BCUT2D eigenvalue weighted by Gasteiger charge is -2.17. The molecule has 1 heterocycles. The molecule has 0 radical (unpaired) electrons. The van der Waals surface area contributed by atoms with Gasteiger partial charge in [0.2, 0.25) is 0 Å². The molecule has 2 N–H and O–H groups in total. The zero-order valence-electron chi connectivity index (χ0n) is 11.1. The van der Waals surface area contributed by atoms with Crippen LogP contribution in [0, 0.1) is 0 Å². The summed E-state index contributed by atoms with van der Waals surface area (Å²) in [6.07, 6.45) is 4.09. The van der Waals surface area contributed by atoms with Gasteiger partial charge in [0.1, 0.15) is 5.75 Å². The summed E-state index contributed by atoms with van der Waals surface area (Å²) in [4.78, 5) is 3.42. The van der Waals surface area contributed by atoms with Gasteiger partial charge < -0.3 is 10.1 Å². The highest BCUT2D eigenvalue weighted by molar-refractivity contribution is 5.80. The molecule has 2 aromatic carbocycles.